The van der Waals surface area contributed by atoms with Crippen LogP contribution in [0.15, 0.2) is 66.7 Å². The predicted octanol–water partition coefficient (Wildman–Crippen LogP) is 4.46. The number of nitro groups is 1. The SMILES string of the molecule is C=C(C)C(C(=O)OCc1ccc([N+](=O)[O-])cc1)N1C(=O)C(NC(=O)COc2ccccc2)C1S(=O)OC1CCCC(C)C1C(C)C. The van der Waals surface area contributed by atoms with Gasteiger partial charge in [-0.3, -0.25) is 23.9 Å². The van der Waals surface area contributed by atoms with Gasteiger partial charge in [-0.15, -0.1) is 0 Å². The van der Waals surface area contributed by atoms with Crippen molar-refractivity contribution < 1.29 is 37.2 Å². The lowest BCUT2D eigenvalue weighted by atomic mass is 9.73. The fourth-order valence-electron chi connectivity index (χ4n) is 6.25. The lowest BCUT2D eigenvalue weighted by Crippen LogP contribution is -2.75. The number of rotatable bonds is 14. The number of esters is 1. The normalized spacial score (nSPS) is 24.0. The van der Waals surface area contributed by atoms with Gasteiger partial charge in [-0.05, 0) is 66.5 Å². The van der Waals surface area contributed by atoms with Crippen molar-refractivity contribution in [1.82, 2.24) is 10.2 Å². The number of carbonyl (C=O) groups excluding carboxylic acids is 3. The number of nitrogens with one attached hydrogen (secondary N) is 1. The van der Waals surface area contributed by atoms with Crippen molar-refractivity contribution in [2.24, 2.45) is 17.8 Å². The topological polar surface area (TPSA) is 154 Å². The molecule has 1 saturated heterocycles. The number of hydrogen-bond acceptors (Lipinski definition) is 9. The molecule has 1 heterocycles. The Morgan fingerprint density at radius 2 is 1.80 bits per heavy atom. The number of non-ortho nitro benzene ring substituents is 1. The quantitative estimate of drug-likeness (QED) is 0.102. The maximum atomic E-state index is 14.0. The van der Waals surface area contributed by atoms with Crippen LogP contribution >= 0.6 is 0 Å². The van der Waals surface area contributed by atoms with E-state index in [1.807, 2.05) is 0 Å². The van der Waals surface area contributed by atoms with E-state index in [1.54, 1.807) is 37.3 Å². The van der Waals surface area contributed by atoms with E-state index in [9.17, 15) is 28.7 Å². The molecule has 2 amide bonds. The number of carbonyl (C=O) groups is 3. The zero-order valence-electron chi connectivity index (χ0n) is 26.5. The number of ether oxygens (including phenoxy) is 2. The van der Waals surface area contributed by atoms with E-state index >= 15 is 0 Å². The van der Waals surface area contributed by atoms with Crippen LogP contribution in [0.3, 0.4) is 0 Å². The van der Waals surface area contributed by atoms with Gasteiger partial charge in [-0.1, -0.05) is 58.4 Å². The van der Waals surface area contributed by atoms with E-state index in [-0.39, 0.29) is 42.4 Å². The Labute approximate surface area is 271 Å². The smallest absolute Gasteiger partial charge is 0.333 e. The summed E-state index contributed by atoms with van der Waals surface area (Å²) in [5.74, 6) is -0.872. The minimum atomic E-state index is -2.13. The maximum absolute atomic E-state index is 14.0. The summed E-state index contributed by atoms with van der Waals surface area (Å²) in [5.41, 5.74) is 0.640. The van der Waals surface area contributed by atoms with Gasteiger partial charge >= 0.3 is 5.97 Å². The van der Waals surface area contributed by atoms with Gasteiger partial charge in [0.05, 0.1) is 11.0 Å². The van der Waals surface area contributed by atoms with Crippen molar-refractivity contribution in [2.75, 3.05) is 6.61 Å². The monoisotopic (exact) mass is 655 g/mol. The average Bonchev–Trinajstić information content (AvgIpc) is 3.02. The number of β-lactam (4-membered cyclic amide) rings is 1. The fraction of sp³-hybridized carbons (Fsp3) is 0.485. The van der Waals surface area contributed by atoms with Crippen LogP contribution < -0.4 is 10.1 Å². The number of amides is 2. The standard InChI is InChI=1S/C33H41N3O9S/c1-20(2)28-22(5)10-9-13-26(28)45-46(42)32-29(34-27(37)19-43-25-11-7-6-8-12-25)31(38)35(32)30(21(3)4)33(39)44-18-23-14-16-24(17-15-23)36(40)41/h6-8,11-12,14-17,20,22,26,28-30,32H,3,9-10,13,18-19H2,1-2,4-5H3,(H,34,37). The molecule has 4 rings (SSSR count). The van der Waals surface area contributed by atoms with Crippen LogP contribution in [-0.2, 0) is 41.0 Å². The summed E-state index contributed by atoms with van der Waals surface area (Å²) in [4.78, 5) is 51.4. The van der Waals surface area contributed by atoms with Crippen molar-refractivity contribution >= 4 is 34.6 Å². The maximum Gasteiger partial charge on any atom is 0.333 e. The molecular weight excluding hydrogens is 614 g/mol. The van der Waals surface area contributed by atoms with Crippen LogP contribution in [0, 0.1) is 27.9 Å². The lowest BCUT2D eigenvalue weighted by Gasteiger charge is -2.49. The molecule has 7 atom stereocenters. The van der Waals surface area contributed by atoms with E-state index in [1.165, 1.54) is 24.3 Å². The second kappa shape index (κ2) is 15.5. The molecule has 7 unspecified atom stereocenters. The molecule has 0 aromatic heterocycles. The first kappa shape index (κ1) is 34.8. The van der Waals surface area contributed by atoms with Crippen LogP contribution in [0.5, 0.6) is 5.75 Å². The highest BCUT2D eigenvalue weighted by atomic mass is 32.2. The van der Waals surface area contributed by atoms with E-state index in [2.05, 4.69) is 32.7 Å². The summed E-state index contributed by atoms with van der Waals surface area (Å²) in [7, 11) is 0. The molecule has 1 saturated carbocycles. The average molecular weight is 656 g/mol. The van der Waals surface area contributed by atoms with Gasteiger partial charge in [0.15, 0.2) is 29.1 Å². The third-order valence-electron chi connectivity index (χ3n) is 8.43. The van der Waals surface area contributed by atoms with Crippen LogP contribution in [0.4, 0.5) is 5.69 Å². The molecule has 2 fully saturated rings. The largest absolute Gasteiger partial charge is 0.484 e. The summed E-state index contributed by atoms with van der Waals surface area (Å²) in [6, 6.07) is 11.6. The molecule has 0 spiro atoms. The minimum Gasteiger partial charge on any atom is -0.484 e. The summed E-state index contributed by atoms with van der Waals surface area (Å²) in [6.45, 7) is 11.2. The van der Waals surface area contributed by atoms with Crippen LogP contribution in [0.2, 0.25) is 0 Å². The first-order valence-corrected chi connectivity index (χ1v) is 16.4. The highest BCUT2D eigenvalue weighted by molar-refractivity contribution is 7.81. The number of nitrogens with zero attached hydrogens (tertiary/aromatic N) is 2. The molecule has 2 aromatic carbocycles. The number of likely N-dealkylation sites (tertiary alicyclic amines) is 1. The highest BCUT2D eigenvalue weighted by Crippen LogP contribution is 2.39. The number of hydrogen-bond donors (Lipinski definition) is 1. The second-order valence-electron chi connectivity index (χ2n) is 12.2. The predicted molar refractivity (Wildman–Crippen MR) is 170 cm³/mol. The second-order valence-corrected chi connectivity index (χ2v) is 13.4. The Hall–Kier alpha value is -4.10. The Morgan fingerprint density at radius 1 is 1.13 bits per heavy atom. The summed E-state index contributed by atoms with van der Waals surface area (Å²) >= 11 is -2.13. The Bertz CT molecular complexity index is 1450. The first-order valence-electron chi connectivity index (χ1n) is 15.3. The number of para-hydroxylation sites is 1. The molecular formula is C33H41N3O9S. The van der Waals surface area contributed by atoms with E-state index in [0.29, 0.717) is 23.7 Å². The van der Waals surface area contributed by atoms with Crippen LogP contribution in [0.1, 0.15) is 52.5 Å². The van der Waals surface area contributed by atoms with Crippen molar-refractivity contribution in [3.8, 4) is 5.75 Å². The first-order chi connectivity index (χ1) is 21.9. The fourth-order valence-corrected chi connectivity index (χ4v) is 7.65. The molecule has 0 bridgehead atoms. The lowest BCUT2D eigenvalue weighted by molar-refractivity contribution is -0.384. The minimum absolute atomic E-state index is 0.110. The molecule has 1 aliphatic carbocycles. The Kier molecular flexibility index (Phi) is 11.7. The van der Waals surface area contributed by atoms with E-state index in [0.717, 1.165) is 17.7 Å². The van der Waals surface area contributed by atoms with Gasteiger partial charge in [0.1, 0.15) is 18.4 Å². The third-order valence-corrected chi connectivity index (χ3v) is 9.76. The van der Waals surface area contributed by atoms with Crippen molar-refractivity contribution in [3.05, 3.63) is 82.4 Å². The van der Waals surface area contributed by atoms with Gasteiger partial charge in [0.25, 0.3) is 17.5 Å². The number of nitro benzene ring substituents is 1. The van der Waals surface area contributed by atoms with Crippen molar-refractivity contribution in [2.45, 2.75) is 77.1 Å². The van der Waals surface area contributed by atoms with E-state index in [4.69, 9.17) is 13.7 Å². The van der Waals surface area contributed by atoms with Gasteiger partial charge in [-0.25, -0.2) is 9.00 Å². The van der Waals surface area contributed by atoms with Crippen LogP contribution in [-0.4, -0.2) is 62.0 Å². The van der Waals surface area contributed by atoms with Gasteiger partial charge < -0.3 is 19.7 Å². The van der Waals surface area contributed by atoms with Crippen LogP contribution in [0.25, 0.3) is 0 Å². The number of benzene rings is 2. The zero-order chi connectivity index (χ0) is 33.5. The van der Waals surface area contributed by atoms with Gasteiger partial charge in [0.2, 0.25) is 0 Å². The van der Waals surface area contributed by atoms with E-state index < -0.39 is 51.2 Å². The highest BCUT2D eigenvalue weighted by Gasteiger charge is 2.57. The molecule has 1 aliphatic heterocycles. The molecule has 2 aliphatic rings. The molecule has 12 nitrogen and oxygen atoms in total. The third kappa shape index (κ3) is 8.18. The molecule has 2 aromatic rings. The molecule has 0 radical (unpaired) electrons. The van der Waals surface area contributed by atoms with Crippen molar-refractivity contribution in [1.29, 1.82) is 0 Å². The van der Waals surface area contributed by atoms with Gasteiger partial charge in [0, 0.05) is 12.1 Å². The Balaban J connectivity index is 1.53. The van der Waals surface area contributed by atoms with Crippen molar-refractivity contribution in [3.63, 3.8) is 0 Å². The summed E-state index contributed by atoms with van der Waals surface area (Å²) in [6.07, 6.45) is 2.29. The molecule has 13 heteroatoms. The zero-order valence-corrected chi connectivity index (χ0v) is 27.3. The molecule has 1 N–H and O–H groups in total. The summed E-state index contributed by atoms with van der Waals surface area (Å²) < 4.78 is 31.2. The molecule has 46 heavy (non-hydrogen) atoms. The molecule has 248 valence electrons. The van der Waals surface area contributed by atoms with Gasteiger partial charge in [-0.2, -0.15) is 0 Å². The summed E-state index contributed by atoms with van der Waals surface area (Å²) in [5, 5.41) is 12.4. The Morgan fingerprint density at radius 3 is 2.41 bits per heavy atom.